The molecule has 11 nitrogen and oxygen atoms in total. The van der Waals surface area contributed by atoms with Gasteiger partial charge in [0.25, 0.3) is 5.56 Å². The topological polar surface area (TPSA) is 132 Å². The van der Waals surface area contributed by atoms with Gasteiger partial charge in [-0.1, -0.05) is 6.92 Å². The van der Waals surface area contributed by atoms with E-state index in [1.165, 1.54) is 4.90 Å². The molecule has 192 valence electrons. The van der Waals surface area contributed by atoms with E-state index in [2.05, 4.69) is 20.3 Å². The second-order valence-electron chi connectivity index (χ2n) is 8.78. The van der Waals surface area contributed by atoms with Gasteiger partial charge < -0.3 is 24.8 Å². The van der Waals surface area contributed by atoms with Crippen molar-refractivity contribution in [1.29, 1.82) is 0 Å². The lowest BCUT2D eigenvalue weighted by molar-refractivity contribution is 0.126. The van der Waals surface area contributed by atoms with Gasteiger partial charge in [0.1, 0.15) is 0 Å². The van der Waals surface area contributed by atoms with Crippen molar-refractivity contribution in [3.8, 4) is 17.0 Å². The number of piperidine rings is 1. The summed E-state index contributed by atoms with van der Waals surface area (Å²) >= 11 is 0. The number of nitrogens with one attached hydrogen (secondary N) is 1. The Morgan fingerprint density at radius 3 is 2.61 bits per heavy atom. The van der Waals surface area contributed by atoms with E-state index in [0.29, 0.717) is 56.4 Å². The molecule has 36 heavy (non-hydrogen) atoms. The number of nitrogens with zero attached hydrogens (tertiary/aromatic N) is 5. The third-order valence-corrected chi connectivity index (χ3v) is 6.33. The zero-order chi connectivity index (χ0) is 25.5. The van der Waals surface area contributed by atoms with Crippen LogP contribution in [0.5, 0.6) is 5.88 Å². The van der Waals surface area contributed by atoms with Crippen molar-refractivity contribution in [3.05, 3.63) is 40.9 Å². The van der Waals surface area contributed by atoms with E-state index < -0.39 is 6.09 Å². The average molecular weight is 497 g/mol. The Morgan fingerprint density at radius 2 is 1.94 bits per heavy atom. The van der Waals surface area contributed by atoms with Crippen molar-refractivity contribution in [2.24, 2.45) is 5.92 Å². The molecule has 0 spiro atoms. The van der Waals surface area contributed by atoms with E-state index in [1.54, 1.807) is 30.1 Å². The first-order valence-electron chi connectivity index (χ1n) is 12.2. The monoisotopic (exact) mass is 496 g/mol. The molecule has 1 amide bonds. The highest BCUT2D eigenvalue weighted by atomic mass is 16.5. The van der Waals surface area contributed by atoms with Crippen LogP contribution >= 0.6 is 0 Å². The predicted octanol–water partition coefficient (Wildman–Crippen LogP) is 3.09. The number of likely N-dealkylation sites (tertiary alicyclic amines) is 1. The van der Waals surface area contributed by atoms with Crippen molar-refractivity contribution < 1.29 is 19.4 Å². The van der Waals surface area contributed by atoms with Crippen molar-refractivity contribution in [3.63, 3.8) is 0 Å². The number of amides is 1. The Labute approximate surface area is 209 Å². The summed E-state index contributed by atoms with van der Waals surface area (Å²) < 4.78 is 12.4. The molecular formula is C25H32N6O5. The number of hydrogen-bond donors (Lipinski definition) is 2. The molecule has 1 saturated heterocycles. The number of pyridine rings is 2. The van der Waals surface area contributed by atoms with Crippen LogP contribution in [0.3, 0.4) is 0 Å². The molecule has 0 bridgehead atoms. The maximum atomic E-state index is 13.4. The van der Waals surface area contributed by atoms with Crippen LogP contribution in [0.2, 0.25) is 0 Å². The van der Waals surface area contributed by atoms with Gasteiger partial charge >= 0.3 is 6.09 Å². The highest BCUT2D eigenvalue weighted by Crippen LogP contribution is 2.23. The summed E-state index contributed by atoms with van der Waals surface area (Å²) in [6.07, 6.45) is 4.91. The third-order valence-electron chi connectivity index (χ3n) is 6.33. The lowest BCUT2D eigenvalue weighted by atomic mass is 9.97. The first-order valence-corrected chi connectivity index (χ1v) is 12.2. The van der Waals surface area contributed by atoms with Gasteiger partial charge in [-0.3, -0.25) is 9.36 Å². The summed E-state index contributed by atoms with van der Waals surface area (Å²) in [7, 11) is 1.56. The lowest BCUT2D eigenvalue weighted by Gasteiger charge is -2.30. The molecule has 0 aromatic carbocycles. The van der Waals surface area contributed by atoms with Crippen LogP contribution in [-0.4, -0.2) is 75.6 Å². The molecule has 3 aromatic rings. The molecule has 2 N–H and O–H groups in total. The fraction of sp³-hybridized carbons (Fsp3) is 0.480. The Bertz CT molecular complexity index is 1240. The molecule has 3 aromatic heterocycles. The molecule has 0 saturated carbocycles. The molecule has 1 aliphatic heterocycles. The van der Waals surface area contributed by atoms with Crippen LogP contribution in [0.4, 0.5) is 10.6 Å². The first-order chi connectivity index (χ1) is 17.5. The SMILES string of the molecule is CCCOCCn1c(=O)c(NCC2CCN(C(=O)O)CC2)nc2ncc(-c3ccc(OC)nc3)cc21. The summed E-state index contributed by atoms with van der Waals surface area (Å²) in [5, 5.41) is 12.4. The average Bonchev–Trinajstić information content (AvgIpc) is 2.91. The second kappa shape index (κ2) is 11.8. The second-order valence-corrected chi connectivity index (χ2v) is 8.78. The van der Waals surface area contributed by atoms with Crippen molar-refractivity contribution >= 4 is 23.1 Å². The summed E-state index contributed by atoms with van der Waals surface area (Å²) in [5.41, 5.74) is 2.50. The molecule has 0 unspecified atom stereocenters. The number of methoxy groups -OCH3 is 1. The van der Waals surface area contributed by atoms with Gasteiger partial charge in [-0.05, 0) is 37.3 Å². The number of rotatable bonds is 10. The Balaban J connectivity index is 1.59. The quantitative estimate of drug-likeness (QED) is 0.406. The van der Waals surface area contributed by atoms with Gasteiger partial charge in [-0.25, -0.2) is 19.7 Å². The number of anilines is 1. The number of carbonyl (C=O) groups is 1. The molecular weight excluding hydrogens is 464 g/mol. The molecule has 4 rings (SSSR count). The van der Waals surface area contributed by atoms with Gasteiger partial charge in [-0.2, -0.15) is 0 Å². The number of aromatic nitrogens is 4. The van der Waals surface area contributed by atoms with E-state index in [9.17, 15) is 9.59 Å². The third kappa shape index (κ3) is 5.91. The number of ether oxygens (including phenoxy) is 2. The van der Waals surface area contributed by atoms with Gasteiger partial charge in [0, 0.05) is 62.4 Å². The van der Waals surface area contributed by atoms with Crippen LogP contribution in [0, 0.1) is 5.92 Å². The van der Waals surface area contributed by atoms with Crippen LogP contribution in [0.25, 0.3) is 22.3 Å². The summed E-state index contributed by atoms with van der Waals surface area (Å²) in [6, 6.07) is 5.56. The molecule has 0 atom stereocenters. The van der Waals surface area contributed by atoms with Crippen LogP contribution in [0.1, 0.15) is 26.2 Å². The summed E-state index contributed by atoms with van der Waals surface area (Å²) in [6.45, 7) is 4.97. The van der Waals surface area contributed by atoms with Gasteiger partial charge in [-0.15, -0.1) is 0 Å². The summed E-state index contributed by atoms with van der Waals surface area (Å²) in [4.78, 5) is 39.3. The number of carboxylic acid groups (broad SMARTS) is 1. The van der Waals surface area contributed by atoms with E-state index >= 15 is 0 Å². The minimum Gasteiger partial charge on any atom is -0.481 e. The van der Waals surface area contributed by atoms with Gasteiger partial charge in [0.2, 0.25) is 5.88 Å². The first kappa shape index (κ1) is 25.4. The lowest BCUT2D eigenvalue weighted by Crippen LogP contribution is -2.39. The zero-order valence-electron chi connectivity index (χ0n) is 20.6. The highest BCUT2D eigenvalue weighted by Gasteiger charge is 2.23. The molecule has 1 fully saturated rings. The van der Waals surface area contributed by atoms with Gasteiger partial charge in [0.15, 0.2) is 11.5 Å². The predicted molar refractivity (Wildman–Crippen MR) is 136 cm³/mol. The Kier molecular flexibility index (Phi) is 8.32. The normalized spacial score (nSPS) is 14.2. The summed E-state index contributed by atoms with van der Waals surface area (Å²) in [5.74, 6) is 1.02. The minimum atomic E-state index is -0.887. The molecule has 0 radical (unpaired) electrons. The van der Waals surface area contributed by atoms with E-state index in [-0.39, 0.29) is 17.3 Å². The Morgan fingerprint density at radius 1 is 1.17 bits per heavy atom. The highest BCUT2D eigenvalue weighted by molar-refractivity contribution is 5.78. The smallest absolute Gasteiger partial charge is 0.407 e. The van der Waals surface area contributed by atoms with E-state index in [4.69, 9.17) is 14.6 Å². The zero-order valence-corrected chi connectivity index (χ0v) is 20.6. The minimum absolute atomic E-state index is 0.239. The van der Waals surface area contributed by atoms with Gasteiger partial charge in [0.05, 0.1) is 19.2 Å². The largest absolute Gasteiger partial charge is 0.481 e. The fourth-order valence-corrected chi connectivity index (χ4v) is 4.26. The Hall–Kier alpha value is -3.73. The molecule has 4 heterocycles. The van der Waals surface area contributed by atoms with E-state index in [0.717, 1.165) is 30.4 Å². The number of hydrogen-bond acceptors (Lipinski definition) is 8. The van der Waals surface area contributed by atoms with Crippen molar-refractivity contribution in [1.82, 2.24) is 24.4 Å². The molecule has 0 aliphatic carbocycles. The fourth-order valence-electron chi connectivity index (χ4n) is 4.26. The molecule has 1 aliphatic rings. The maximum Gasteiger partial charge on any atom is 0.407 e. The van der Waals surface area contributed by atoms with Crippen LogP contribution < -0.4 is 15.6 Å². The van der Waals surface area contributed by atoms with Crippen molar-refractivity contribution in [2.75, 3.05) is 45.3 Å². The van der Waals surface area contributed by atoms with E-state index in [1.807, 2.05) is 19.1 Å². The standard InChI is InChI=1S/C25H32N6O5/c1-3-11-36-12-10-31-20-13-19(18-4-5-21(35-2)26-15-18)16-28-22(20)29-23(24(31)32)27-14-17-6-8-30(9-7-17)25(33)34/h4-5,13,15-17H,3,6-12,14H2,1-2H3,(H,33,34)(H,27,28,29). The van der Waals surface area contributed by atoms with Crippen molar-refractivity contribution in [2.45, 2.75) is 32.7 Å². The molecule has 11 heteroatoms. The van der Waals surface area contributed by atoms with Crippen LogP contribution in [-0.2, 0) is 11.3 Å². The maximum absolute atomic E-state index is 13.4. The number of fused-ring (bicyclic) bond motifs is 1. The van der Waals surface area contributed by atoms with Crippen LogP contribution in [0.15, 0.2) is 35.4 Å².